The van der Waals surface area contributed by atoms with Crippen molar-refractivity contribution in [2.24, 2.45) is 5.92 Å². The zero-order chi connectivity index (χ0) is 16.2. The first-order chi connectivity index (χ1) is 10.4. The molecule has 130 valence electrons. The van der Waals surface area contributed by atoms with Gasteiger partial charge in [-0.05, 0) is 50.0 Å². The maximum atomic E-state index is 12.1. The summed E-state index contributed by atoms with van der Waals surface area (Å²) in [5.41, 5.74) is 0.512. The molecule has 6 nitrogen and oxygen atoms in total. The lowest BCUT2D eigenvalue weighted by Gasteiger charge is -2.13. The van der Waals surface area contributed by atoms with Crippen molar-refractivity contribution in [2.75, 3.05) is 32.5 Å². The minimum absolute atomic E-state index is 0. The fourth-order valence-electron chi connectivity index (χ4n) is 2.46. The number of benzene rings is 1. The highest BCUT2D eigenvalue weighted by molar-refractivity contribution is 7.89. The van der Waals surface area contributed by atoms with E-state index in [2.05, 4.69) is 10.6 Å². The van der Waals surface area contributed by atoms with Crippen LogP contribution >= 0.6 is 12.4 Å². The average molecular weight is 362 g/mol. The van der Waals surface area contributed by atoms with E-state index in [1.807, 2.05) is 0 Å². The maximum Gasteiger partial charge on any atom is 0.242 e. The van der Waals surface area contributed by atoms with Crippen LogP contribution in [0, 0.1) is 5.92 Å². The van der Waals surface area contributed by atoms with Gasteiger partial charge in [-0.2, -0.15) is 0 Å². The van der Waals surface area contributed by atoms with Gasteiger partial charge in [0.15, 0.2) is 0 Å². The van der Waals surface area contributed by atoms with E-state index in [0.29, 0.717) is 18.0 Å². The third-order valence-corrected chi connectivity index (χ3v) is 5.65. The highest BCUT2D eigenvalue weighted by Gasteiger charge is 2.18. The zero-order valence-corrected chi connectivity index (χ0v) is 15.0. The van der Waals surface area contributed by atoms with Crippen LogP contribution in [0.5, 0.6) is 0 Å². The number of nitrogens with one attached hydrogen (secondary N) is 2. The highest BCUT2D eigenvalue weighted by Crippen LogP contribution is 2.19. The Labute approximate surface area is 144 Å². The van der Waals surface area contributed by atoms with Crippen LogP contribution in [0.3, 0.4) is 0 Å². The number of anilines is 1. The minimum atomic E-state index is -3.49. The summed E-state index contributed by atoms with van der Waals surface area (Å²) in [4.78, 5) is 12.1. The third-order valence-electron chi connectivity index (χ3n) is 3.84. The summed E-state index contributed by atoms with van der Waals surface area (Å²) in [5.74, 6) is 0.484. The lowest BCUT2D eigenvalue weighted by molar-refractivity contribution is -0.116. The number of hydrogen-bond acceptors (Lipinski definition) is 4. The van der Waals surface area contributed by atoms with Crippen LogP contribution in [-0.2, 0) is 14.8 Å². The summed E-state index contributed by atoms with van der Waals surface area (Å²) in [6.07, 6.45) is 2.43. The summed E-state index contributed by atoms with van der Waals surface area (Å²) >= 11 is 0. The molecule has 1 aromatic rings. The molecule has 1 aliphatic rings. The predicted molar refractivity (Wildman–Crippen MR) is 93.4 cm³/mol. The van der Waals surface area contributed by atoms with E-state index in [-0.39, 0.29) is 23.2 Å². The lowest BCUT2D eigenvalue weighted by atomic mass is 10.0. The lowest BCUT2D eigenvalue weighted by Crippen LogP contribution is -2.22. The van der Waals surface area contributed by atoms with Crippen LogP contribution in [0.2, 0.25) is 0 Å². The van der Waals surface area contributed by atoms with Crippen molar-refractivity contribution in [2.45, 2.75) is 24.2 Å². The molecule has 8 heteroatoms. The van der Waals surface area contributed by atoms with Crippen LogP contribution in [0.4, 0.5) is 5.69 Å². The van der Waals surface area contributed by atoms with Gasteiger partial charge in [0, 0.05) is 26.2 Å². The van der Waals surface area contributed by atoms with Gasteiger partial charge in [0.05, 0.1) is 4.90 Å². The van der Waals surface area contributed by atoms with Crippen molar-refractivity contribution < 1.29 is 13.2 Å². The summed E-state index contributed by atoms with van der Waals surface area (Å²) in [5, 5.41) is 6.05. The zero-order valence-electron chi connectivity index (χ0n) is 13.4. The summed E-state index contributed by atoms with van der Waals surface area (Å²) in [6, 6.07) is 6.34. The normalized spacial score (nSPS) is 17.8. The van der Waals surface area contributed by atoms with Crippen molar-refractivity contribution in [3.8, 4) is 0 Å². The monoisotopic (exact) mass is 361 g/mol. The van der Waals surface area contributed by atoms with Gasteiger partial charge in [-0.3, -0.25) is 4.79 Å². The molecule has 1 aliphatic heterocycles. The van der Waals surface area contributed by atoms with Gasteiger partial charge in [0.2, 0.25) is 15.9 Å². The van der Waals surface area contributed by atoms with E-state index in [1.165, 1.54) is 26.2 Å². The van der Waals surface area contributed by atoms with Crippen molar-refractivity contribution in [1.29, 1.82) is 0 Å². The van der Waals surface area contributed by atoms with E-state index in [1.54, 1.807) is 12.1 Å². The molecular formula is C15H24ClN3O3S. The molecule has 1 aromatic carbocycles. The number of sulfonamides is 1. The summed E-state index contributed by atoms with van der Waals surface area (Å²) < 4.78 is 25.3. The smallest absolute Gasteiger partial charge is 0.242 e. The molecule has 2 rings (SSSR count). The van der Waals surface area contributed by atoms with Crippen LogP contribution in [0.1, 0.15) is 19.3 Å². The van der Waals surface area contributed by atoms with Crippen LogP contribution in [0.25, 0.3) is 0 Å². The number of carbonyl (C=O) groups excluding carboxylic acids is 1. The van der Waals surface area contributed by atoms with Crippen molar-refractivity contribution in [1.82, 2.24) is 9.62 Å². The third kappa shape index (κ3) is 5.46. The van der Waals surface area contributed by atoms with Gasteiger partial charge in [0.25, 0.3) is 0 Å². The van der Waals surface area contributed by atoms with Crippen LogP contribution in [0.15, 0.2) is 29.2 Å². The first kappa shape index (κ1) is 19.9. The van der Waals surface area contributed by atoms with Gasteiger partial charge in [-0.15, -0.1) is 12.4 Å². The van der Waals surface area contributed by atoms with Crippen LogP contribution < -0.4 is 10.6 Å². The second-order valence-corrected chi connectivity index (χ2v) is 7.91. The summed E-state index contributed by atoms with van der Waals surface area (Å²) in [7, 11) is -0.522. The molecule has 1 amide bonds. The molecule has 1 atom stereocenters. The van der Waals surface area contributed by atoms with E-state index in [9.17, 15) is 13.2 Å². The Hall–Kier alpha value is -1.15. The SMILES string of the molecule is CN(C)S(=O)(=O)c1cccc(NC(=O)CCC2CCNC2)c1.Cl. The Balaban J connectivity index is 0.00000264. The largest absolute Gasteiger partial charge is 0.326 e. The Bertz CT molecular complexity index is 629. The topological polar surface area (TPSA) is 78.5 Å². The van der Waals surface area contributed by atoms with Gasteiger partial charge in [0.1, 0.15) is 0 Å². The number of nitrogens with zero attached hydrogens (tertiary/aromatic N) is 1. The average Bonchev–Trinajstić information content (AvgIpc) is 2.98. The molecule has 1 fully saturated rings. The molecule has 23 heavy (non-hydrogen) atoms. The molecule has 0 bridgehead atoms. The number of carbonyl (C=O) groups is 1. The molecule has 2 N–H and O–H groups in total. The Morgan fingerprint density at radius 2 is 2.13 bits per heavy atom. The highest BCUT2D eigenvalue weighted by atomic mass is 35.5. The molecule has 0 aromatic heterocycles. The fourth-order valence-corrected chi connectivity index (χ4v) is 3.41. The van der Waals surface area contributed by atoms with E-state index >= 15 is 0 Å². The first-order valence-electron chi connectivity index (χ1n) is 7.43. The second-order valence-electron chi connectivity index (χ2n) is 5.76. The Morgan fingerprint density at radius 3 is 2.74 bits per heavy atom. The van der Waals surface area contributed by atoms with Gasteiger partial charge < -0.3 is 10.6 Å². The van der Waals surface area contributed by atoms with Crippen molar-refractivity contribution in [3.05, 3.63) is 24.3 Å². The fraction of sp³-hybridized carbons (Fsp3) is 0.533. The molecule has 0 aliphatic carbocycles. The molecule has 1 unspecified atom stereocenters. The second kappa shape index (κ2) is 8.63. The Morgan fingerprint density at radius 1 is 1.39 bits per heavy atom. The maximum absolute atomic E-state index is 12.1. The number of hydrogen-bond donors (Lipinski definition) is 2. The van der Waals surface area contributed by atoms with E-state index < -0.39 is 10.0 Å². The van der Waals surface area contributed by atoms with Gasteiger partial charge >= 0.3 is 0 Å². The molecule has 0 radical (unpaired) electrons. The molecule has 0 spiro atoms. The molecule has 0 saturated carbocycles. The number of rotatable bonds is 6. The number of halogens is 1. The molecule has 1 heterocycles. The van der Waals surface area contributed by atoms with Crippen molar-refractivity contribution >= 4 is 34.0 Å². The Kier molecular flexibility index (Phi) is 7.47. The van der Waals surface area contributed by atoms with Gasteiger partial charge in [-0.1, -0.05) is 6.07 Å². The van der Waals surface area contributed by atoms with Gasteiger partial charge in [-0.25, -0.2) is 12.7 Å². The first-order valence-corrected chi connectivity index (χ1v) is 8.87. The van der Waals surface area contributed by atoms with Crippen molar-refractivity contribution in [3.63, 3.8) is 0 Å². The van der Waals surface area contributed by atoms with Crippen LogP contribution in [-0.4, -0.2) is 45.8 Å². The quantitative estimate of drug-likeness (QED) is 0.808. The number of amides is 1. The molecular weight excluding hydrogens is 338 g/mol. The standard InChI is InChI=1S/C15H23N3O3S.ClH/c1-18(2)22(20,21)14-5-3-4-13(10-14)17-15(19)7-6-12-8-9-16-11-12;/h3-5,10,12,16H,6-9,11H2,1-2H3,(H,17,19);1H. The predicted octanol–water partition coefficient (Wildman–Crippen LogP) is 1.69. The molecule has 1 saturated heterocycles. The van der Waals surface area contributed by atoms with E-state index in [4.69, 9.17) is 0 Å². The van der Waals surface area contributed by atoms with E-state index in [0.717, 1.165) is 30.2 Å². The minimum Gasteiger partial charge on any atom is -0.326 e. The summed E-state index contributed by atoms with van der Waals surface area (Å²) in [6.45, 7) is 2.00.